The van der Waals surface area contributed by atoms with Crippen LogP contribution in [-0.2, 0) is 17.8 Å². The Morgan fingerprint density at radius 1 is 0.778 bits per heavy atom. The molecule has 0 spiro atoms. The molecule has 6 rings (SSSR count). The first-order valence-corrected chi connectivity index (χ1v) is 17.0. The summed E-state index contributed by atoms with van der Waals surface area (Å²) in [5.41, 5.74) is 6.05. The van der Waals surface area contributed by atoms with Crippen LogP contribution in [0.3, 0.4) is 0 Å². The number of fused-ring (bicyclic) bond motifs is 1. The molecule has 2 aliphatic heterocycles. The van der Waals surface area contributed by atoms with Crippen molar-refractivity contribution in [2.45, 2.75) is 50.0 Å². The molecule has 6 heteroatoms. The van der Waals surface area contributed by atoms with E-state index in [4.69, 9.17) is 0 Å². The van der Waals surface area contributed by atoms with Gasteiger partial charge >= 0.3 is 0 Å². The first-order valence-electron chi connectivity index (χ1n) is 16.2. The zero-order chi connectivity index (χ0) is 30.8. The average molecular weight is 616 g/mol. The van der Waals surface area contributed by atoms with Gasteiger partial charge in [-0.1, -0.05) is 103 Å². The van der Waals surface area contributed by atoms with Gasteiger partial charge in [-0.25, -0.2) is 0 Å². The fourth-order valence-electron chi connectivity index (χ4n) is 6.12. The Labute approximate surface area is 271 Å². The smallest absolute Gasteiger partial charge is 0.265 e. The van der Waals surface area contributed by atoms with Crippen LogP contribution in [0.4, 0.5) is 5.69 Å². The normalized spacial score (nSPS) is 16.3. The van der Waals surface area contributed by atoms with Crippen LogP contribution in [0.5, 0.6) is 0 Å². The van der Waals surface area contributed by atoms with Crippen LogP contribution in [0, 0.1) is 0 Å². The van der Waals surface area contributed by atoms with Gasteiger partial charge in [0.05, 0.1) is 17.1 Å². The van der Waals surface area contributed by atoms with Gasteiger partial charge in [0.15, 0.2) is 0 Å². The molecule has 0 unspecified atom stereocenters. The van der Waals surface area contributed by atoms with E-state index >= 15 is 0 Å². The molecule has 0 bridgehead atoms. The largest absolute Gasteiger partial charge is 0.352 e. The summed E-state index contributed by atoms with van der Waals surface area (Å²) in [5, 5.41) is 3.07. The first-order chi connectivity index (χ1) is 22.1. The van der Waals surface area contributed by atoms with Crippen LogP contribution >= 0.6 is 11.8 Å². The Morgan fingerprint density at radius 2 is 1.49 bits per heavy atom. The van der Waals surface area contributed by atoms with E-state index < -0.39 is 0 Å². The predicted octanol–water partition coefficient (Wildman–Crippen LogP) is 7.95. The van der Waals surface area contributed by atoms with Gasteiger partial charge in [0.2, 0.25) is 0 Å². The number of nitrogens with one attached hydrogen (secondary N) is 1. The maximum atomic E-state index is 13.9. The maximum Gasteiger partial charge on any atom is 0.265 e. The van der Waals surface area contributed by atoms with Crippen molar-refractivity contribution in [3.8, 4) is 0 Å². The molecule has 0 radical (unpaired) electrons. The predicted molar refractivity (Wildman–Crippen MR) is 185 cm³/mol. The van der Waals surface area contributed by atoms with Crippen molar-refractivity contribution in [3.63, 3.8) is 0 Å². The van der Waals surface area contributed by atoms with Crippen LogP contribution in [0.2, 0.25) is 0 Å². The lowest BCUT2D eigenvalue weighted by Gasteiger charge is -2.30. The SMILES string of the molecule is O=C(NCCCN1CCCCCC1)c1ccc(/C=C2\Sc3ccccc3N(Cc3cccc(Cc4ccccc4)c3)C2=O)cc1. The minimum atomic E-state index is -0.0530. The van der Waals surface area contributed by atoms with Gasteiger partial charge in [0.25, 0.3) is 11.8 Å². The monoisotopic (exact) mass is 615 g/mol. The summed E-state index contributed by atoms with van der Waals surface area (Å²) in [5.74, 6) is -0.0684. The van der Waals surface area contributed by atoms with Crippen LogP contribution < -0.4 is 10.2 Å². The summed E-state index contributed by atoms with van der Waals surface area (Å²) in [6, 6.07) is 34.6. The van der Waals surface area contributed by atoms with E-state index in [1.165, 1.54) is 61.7 Å². The number of nitrogens with zero attached hydrogens (tertiary/aromatic N) is 2. The second-order valence-corrected chi connectivity index (χ2v) is 13.0. The summed E-state index contributed by atoms with van der Waals surface area (Å²) in [6.07, 6.45) is 8.99. The van der Waals surface area contributed by atoms with Crippen molar-refractivity contribution in [2.24, 2.45) is 0 Å². The molecule has 2 aliphatic rings. The number of hydrogen-bond donors (Lipinski definition) is 1. The summed E-state index contributed by atoms with van der Waals surface area (Å²) in [4.78, 5) is 32.8. The van der Waals surface area contributed by atoms with E-state index in [2.05, 4.69) is 64.8 Å². The number of hydrogen-bond acceptors (Lipinski definition) is 4. The Hall–Kier alpha value is -4.13. The number of rotatable bonds is 10. The van der Waals surface area contributed by atoms with E-state index in [-0.39, 0.29) is 11.8 Å². The highest BCUT2D eigenvalue weighted by atomic mass is 32.2. The van der Waals surface area contributed by atoms with Gasteiger partial charge in [-0.3, -0.25) is 9.59 Å². The molecule has 2 heterocycles. The fourth-order valence-corrected chi connectivity index (χ4v) is 7.18. The van der Waals surface area contributed by atoms with Gasteiger partial charge in [0.1, 0.15) is 0 Å². The molecule has 0 aromatic heterocycles. The van der Waals surface area contributed by atoms with Crippen molar-refractivity contribution in [2.75, 3.05) is 31.1 Å². The van der Waals surface area contributed by atoms with Crippen molar-refractivity contribution in [1.82, 2.24) is 10.2 Å². The van der Waals surface area contributed by atoms with Gasteiger partial charge in [-0.2, -0.15) is 0 Å². The highest BCUT2D eigenvalue weighted by molar-refractivity contribution is 8.04. The minimum absolute atomic E-state index is 0.0154. The lowest BCUT2D eigenvalue weighted by Crippen LogP contribution is -2.33. The topological polar surface area (TPSA) is 52.7 Å². The minimum Gasteiger partial charge on any atom is -0.352 e. The van der Waals surface area contributed by atoms with E-state index in [1.807, 2.05) is 59.5 Å². The van der Waals surface area contributed by atoms with Crippen molar-refractivity contribution in [1.29, 1.82) is 0 Å². The number of para-hydroxylation sites is 1. The van der Waals surface area contributed by atoms with Crippen LogP contribution in [0.15, 0.2) is 113 Å². The lowest BCUT2D eigenvalue weighted by atomic mass is 10.0. The molecular formula is C39H41N3O2S. The zero-order valence-electron chi connectivity index (χ0n) is 25.8. The van der Waals surface area contributed by atoms with Crippen LogP contribution in [-0.4, -0.2) is 42.9 Å². The number of carbonyl (C=O) groups is 2. The summed E-state index contributed by atoms with van der Waals surface area (Å²) in [6.45, 7) is 4.57. The molecule has 0 aliphatic carbocycles. The van der Waals surface area contributed by atoms with Crippen molar-refractivity contribution < 1.29 is 9.59 Å². The van der Waals surface area contributed by atoms with Crippen LogP contribution in [0.1, 0.15) is 64.7 Å². The van der Waals surface area contributed by atoms with Crippen LogP contribution in [0.25, 0.3) is 6.08 Å². The number of carbonyl (C=O) groups excluding carboxylic acids is 2. The second-order valence-electron chi connectivity index (χ2n) is 11.9. The third kappa shape index (κ3) is 8.33. The molecule has 4 aromatic rings. The first kappa shape index (κ1) is 30.9. The molecule has 5 nitrogen and oxygen atoms in total. The van der Waals surface area contributed by atoms with Gasteiger partial charge in [-0.05, 0) is 97.9 Å². The number of thioether (sulfide) groups is 1. The number of anilines is 1. The summed E-state index contributed by atoms with van der Waals surface area (Å²) >= 11 is 1.50. The second kappa shape index (κ2) is 15.2. The van der Waals surface area contributed by atoms with E-state index in [0.717, 1.165) is 41.1 Å². The molecule has 1 fully saturated rings. The van der Waals surface area contributed by atoms with Gasteiger partial charge < -0.3 is 15.1 Å². The van der Waals surface area contributed by atoms with E-state index in [9.17, 15) is 9.59 Å². The molecule has 1 saturated heterocycles. The molecule has 0 atom stereocenters. The number of likely N-dealkylation sites (tertiary alicyclic amines) is 1. The Morgan fingerprint density at radius 3 is 2.29 bits per heavy atom. The number of benzene rings is 4. The fraction of sp³-hybridized carbons (Fsp3) is 0.282. The Bertz CT molecular complexity index is 1630. The molecule has 45 heavy (non-hydrogen) atoms. The molecule has 230 valence electrons. The standard InChI is InChI=1S/C39H41N3O2S/c43-38(40-22-11-25-41-23-8-1-2-9-24-41)34-20-18-31(19-21-34)28-37-39(44)42(35-16-6-7-17-36(35)45-37)29-33-15-10-14-32(27-33)26-30-12-4-3-5-13-30/h3-7,10,12-21,27-28H,1-2,8-9,11,22-26,29H2,(H,40,43)/b37-28-. The summed E-state index contributed by atoms with van der Waals surface area (Å²) in [7, 11) is 0. The number of amides is 2. The van der Waals surface area contributed by atoms with E-state index in [0.29, 0.717) is 23.6 Å². The zero-order valence-corrected chi connectivity index (χ0v) is 26.6. The van der Waals surface area contributed by atoms with Gasteiger partial charge in [-0.15, -0.1) is 0 Å². The highest BCUT2D eigenvalue weighted by Crippen LogP contribution is 2.42. The third-order valence-corrected chi connectivity index (χ3v) is 9.60. The van der Waals surface area contributed by atoms with Crippen molar-refractivity contribution >= 4 is 35.3 Å². The Kier molecular flexibility index (Phi) is 10.5. The third-order valence-electron chi connectivity index (χ3n) is 8.52. The Balaban J connectivity index is 1.11. The van der Waals surface area contributed by atoms with E-state index in [1.54, 1.807) is 0 Å². The molecule has 4 aromatic carbocycles. The lowest BCUT2D eigenvalue weighted by molar-refractivity contribution is -0.114. The average Bonchev–Trinajstić information content (AvgIpc) is 3.35. The molecule has 0 saturated carbocycles. The molecule has 2 amide bonds. The van der Waals surface area contributed by atoms with Gasteiger partial charge in [0, 0.05) is 17.0 Å². The molecular weight excluding hydrogens is 575 g/mol. The summed E-state index contributed by atoms with van der Waals surface area (Å²) < 4.78 is 0. The van der Waals surface area contributed by atoms with Crippen molar-refractivity contribution in [3.05, 3.63) is 136 Å². The quantitative estimate of drug-likeness (QED) is 0.145. The maximum absolute atomic E-state index is 13.9. The molecule has 1 N–H and O–H groups in total. The highest BCUT2D eigenvalue weighted by Gasteiger charge is 2.29.